The van der Waals surface area contributed by atoms with Gasteiger partial charge in [-0.15, -0.1) is 0 Å². The van der Waals surface area contributed by atoms with Crippen LogP contribution in [0.4, 0.5) is 0 Å². The molecule has 0 unspecified atom stereocenters. The summed E-state index contributed by atoms with van der Waals surface area (Å²) in [5.41, 5.74) is 0. The van der Waals surface area contributed by atoms with Crippen LogP contribution >= 0.6 is 0 Å². The van der Waals surface area contributed by atoms with Crippen LogP contribution in [-0.2, 0) is 0 Å². The SMILES string of the molecule is CCCCOc1[c]cccc1OC. The number of ether oxygens (including phenoxy) is 2. The van der Waals surface area contributed by atoms with Crippen molar-refractivity contribution in [1.29, 1.82) is 0 Å². The van der Waals surface area contributed by atoms with Gasteiger partial charge in [-0.1, -0.05) is 25.5 Å². The molecule has 1 rings (SSSR count). The Labute approximate surface area is 79.5 Å². The minimum Gasteiger partial charge on any atom is -0.493 e. The summed E-state index contributed by atoms with van der Waals surface area (Å²) in [7, 11) is 1.63. The molecule has 0 fully saturated rings. The van der Waals surface area contributed by atoms with Crippen molar-refractivity contribution in [2.75, 3.05) is 13.7 Å². The molecule has 0 aliphatic carbocycles. The number of benzene rings is 1. The maximum atomic E-state index is 5.49. The van der Waals surface area contributed by atoms with E-state index >= 15 is 0 Å². The number of hydrogen-bond donors (Lipinski definition) is 0. The third kappa shape index (κ3) is 2.98. The first-order valence-electron chi connectivity index (χ1n) is 4.56. The molecule has 0 aliphatic rings. The molecule has 2 nitrogen and oxygen atoms in total. The minimum atomic E-state index is 0.707. The molecule has 13 heavy (non-hydrogen) atoms. The molecule has 0 amide bonds. The van der Waals surface area contributed by atoms with Crippen LogP contribution in [0.25, 0.3) is 0 Å². The molecule has 1 radical (unpaired) electrons. The molecule has 0 aromatic heterocycles. The van der Waals surface area contributed by atoms with E-state index in [2.05, 4.69) is 13.0 Å². The fourth-order valence-electron chi connectivity index (χ4n) is 0.998. The Hall–Kier alpha value is -1.18. The number of methoxy groups -OCH3 is 1. The molecule has 0 atom stereocenters. The van der Waals surface area contributed by atoms with Gasteiger partial charge >= 0.3 is 0 Å². The summed E-state index contributed by atoms with van der Waals surface area (Å²) in [5, 5.41) is 0. The van der Waals surface area contributed by atoms with Gasteiger partial charge in [0.25, 0.3) is 0 Å². The first-order valence-corrected chi connectivity index (χ1v) is 4.56. The van der Waals surface area contributed by atoms with Crippen LogP contribution in [0.1, 0.15) is 19.8 Å². The largest absolute Gasteiger partial charge is 0.493 e. The third-order valence-corrected chi connectivity index (χ3v) is 1.75. The van der Waals surface area contributed by atoms with Crippen LogP contribution in [0.3, 0.4) is 0 Å². The number of para-hydroxylation sites is 1. The smallest absolute Gasteiger partial charge is 0.169 e. The van der Waals surface area contributed by atoms with Crippen LogP contribution in [0.5, 0.6) is 11.5 Å². The van der Waals surface area contributed by atoms with Gasteiger partial charge in [-0.05, 0) is 12.5 Å². The number of hydrogen-bond acceptors (Lipinski definition) is 2. The summed E-state index contributed by atoms with van der Waals surface area (Å²) < 4.78 is 10.6. The lowest BCUT2D eigenvalue weighted by Gasteiger charge is -2.08. The second-order valence-electron chi connectivity index (χ2n) is 2.77. The predicted octanol–water partition coefficient (Wildman–Crippen LogP) is 2.67. The average Bonchev–Trinajstić information content (AvgIpc) is 2.19. The third-order valence-electron chi connectivity index (χ3n) is 1.75. The van der Waals surface area contributed by atoms with E-state index in [4.69, 9.17) is 9.47 Å². The maximum Gasteiger partial charge on any atom is 0.169 e. The van der Waals surface area contributed by atoms with Crippen LogP contribution in [0.15, 0.2) is 18.2 Å². The molecule has 0 saturated carbocycles. The van der Waals surface area contributed by atoms with Crippen molar-refractivity contribution in [2.45, 2.75) is 19.8 Å². The summed E-state index contributed by atoms with van der Waals surface area (Å²) >= 11 is 0. The highest BCUT2D eigenvalue weighted by Crippen LogP contribution is 2.25. The quantitative estimate of drug-likeness (QED) is 0.647. The van der Waals surface area contributed by atoms with Gasteiger partial charge in [0.1, 0.15) is 0 Å². The highest BCUT2D eigenvalue weighted by molar-refractivity contribution is 5.38. The summed E-state index contributed by atoms with van der Waals surface area (Å²) in [6.07, 6.45) is 2.20. The Kier molecular flexibility index (Phi) is 4.16. The topological polar surface area (TPSA) is 18.5 Å². The summed E-state index contributed by atoms with van der Waals surface area (Å²) in [6, 6.07) is 8.58. The van der Waals surface area contributed by atoms with Crippen LogP contribution in [0.2, 0.25) is 0 Å². The van der Waals surface area contributed by atoms with Crippen LogP contribution in [0, 0.1) is 6.07 Å². The zero-order valence-electron chi connectivity index (χ0n) is 8.17. The predicted molar refractivity (Wildman–Crippen MR) is 52.2 cm³/mol. The minimum absolute atomic E-state index is 0.707. The van der Waals surface area contributed by atoms with Gasteiger partial charge in [0.05, 0.1) is 13.7 Å². The van der Waals surface area contributed by atoms with Crippen molar-refractivity contribution in [3.05, 3.63) is 24.3 Å². The zero-order chi connectivity index (χ0) is 9.52. The molecule has 0 saturated heterocycles. The standard InChI is InChI=1S/C11H15O2/c1-3-4-9-13-11-8-6-5-7-10(11)12-2/h5-7H,3-4,9H2,1-2H3. The number of unbranched alkanes of at least 4 members (excludes halogenated alkanes) is 1. The summed E-state index contributed by atoms with van der Waals surface area (Å²) in [5.74, 6) is 1.46. The lowest BCUT2D eigenvalue weighted by atomic mass is 10.3. The molecular weight excluding hydrogens is 164 g/mol. The van der Waals surface area contributed by atoms with Crippen molar-refractivity contribution >= 4 is 0 Å². The van der Waals surface area contributed by atoms with Crippen molar-refractivity contribution in [3.8, 4) is 11.5 Å². The van der Waals surface area contributed by atoms with E-state index in [-0.39, 0.29) is 0 Å². The van der Waals surface area contributed by atoms with E-state index in [1.165, 1.54) is 0 Å². The molecule has 2 heteroatoms. The van der Waals surface area contributed by atoms with Crippen LogP contribution < -0.4 is 9.47 Å². The molecule has 0 N–H and O–H groups in total. The van der Waals surface area contributed by atoms with Crippen LogP contribution in [-0.4, -0.2) is 13.7 Å². The second-order valence-corrected chi connectivity index (χ2v) is 2.77. The first-order chi connectivity index (χ1) is 6.38. The van der Waals surface area contributed by atoms with Gasteiger partial charge in [-0.25, -0.2) is 0 Å². The fourth-order valence-corrected chi connectivity index (χ4v) is 0.998. The Balaban J connectivity index is 2.54. The normalized spacial score (nSPS) is 9.69. The van der Waals surface area contributed by atoms with Gasteiger partial charge in [-0.2, -0.15) is 0 Å². The van der Waals surface area contributed by atoms with Crippen molar-refractivity contribution in [2.24, 2.45) is 0 Å². The number of rotatable bonds is 5. The Morgan fingerprint density at radius 2 is 2.31 bits per heavy atom. The lowest BCUT2D eigenvalue weighted by molar-refractivity contribution is 0.287. The first kappa shape index (κ1) is 9.90. The molecular formula is C11H15O2. The van der Waals surface area contributed by atoms with Gasteiger partial charge in [0.15, 0.2) is 11.5 Å². The van der Waals surface area contributed by atoms with E-state index in [1.807, 2.05) is 18.2 Å². The maximum absolute atomic E-state index is 5.49. The molecule has 0 bridgehead atoms. The lowest BCUT2D eigenvalue weighted by Crippen LogP contribution is -1.98. The zero-order valence-corrected chi connectivity index (χ0v) is 8.17. The Bertz CT molecular complexity index is 246. The fraction of sp³-hybridized carbons (Fsp3) is 0.455. The molecule has 1 aromatic carbocycles. The average molecular weight is 179 g/mol. The van der Waals surface area contributed by atoms with Crippen molar-refractivity contribution in [3.63, 3.8) is 0 Å². The summed E-state index contributed by atoms with van der Waals surface area (Å²) in [6.45, 7) is 2.86. The van der Waals surface area contributed by atoms with Crippen molar-refractivity contribution < 1.29 is 9.47 Å². The highest BCUT2D eigenvalue weighted by Gasteiger charge is 2.01. The molecule has 0 heterocycles. The Morgan fingerprint density at radius 1 is 1.46 bits per heavy atom. The van der Waals surface area contributed by atoms with E-state index in [0.29, 0.717) is 5.75 Å². The van der Waals surface area contributed by atoms with E-state index in [1.54, 1.807) is 7.11 Å². The van der Waals surface area contributed by atoms with Gasteiger partial charge in [0.2, 0.25) is 0 Å². The Morgan fingerprint density at radius 3 is 3.00 bits per heavy atom. The molecule has 1 aromatic rings. The molecule has 0 spiro atoms. The van der Waals surface area contributed by atoms with E-state index < -0.39 is 0 Å². The van der Waals surface area contributed by atoms with Gasteiger partial charge < -0.3 is 9.47 Å². The molecule has 0 aliphatic heterocycles. The van der Waals surface area contributed by atoms with Gasteiger partial charge in [-0.3, -0.25) is 0 Å². The van der Waals surface area contributed by atoms with E-state index in [0.717, 1.165) is 25.2 Å². The molecule has 71 valence electrons. The van der Waals surface area contributed by atoms with Crippen molar-refractivity contribution in [1.82, 2.24) is 0 Å². The highest BCUT2D eigenvalue weighted by atomic mass is 16.5. The summed E-state index contributed by atoms with van der Waals surface area (Å²) in [4.78, 5) is 0. The van der Waals surface area contributed by atoms with Gasteiger partial charge in [0, 0.05) is 6.07 Å². The van der Waals surface area contributed by atoms with E-state index in [9.17, 15) is 0 Å². The monoisotopic (exact) mass is 179 g/mol. The second kappa shape index (κ2) is 5.46.